The molecule has 0 aliphatic heterocycles. The van der Waals surface area contributed by atoms with Gasteiger partial charge in [0.15, 0.2) is 11.6 Å². The lowest BCUT2D eigenvalue weighted by Crippen LogP contribution is -2.45. The highest BCUT2D eigenvalue weighted by atomic mass is 19.2. The van der Waals surface area contributed by atoms with E-state index in [1.807, 2.05) is 0 Å². The summed E-state index contributed by atoms with van der Waals surface area (Å²) < 4.78 is 30.8. The number of carbonyl (C=O) groups excluding carboxylic acids is 2. The zero-order chi connectivity index (χ0) is 14.4. The van der Waals surface area contributed by atoms with Crippen molar-refractivity contribution in [3.8, 4) is 0 Å². The molecule has 0 saturated heterocycles. The van der Waals surface area contributed by atoms with Crippen molar-refractivity contribution in [2.24, 2.45) is 0 Å². The number of anilines is 1. The lowest BCUT2D eigenvalue weighted by Gasteiger charge is -2.17. The van der Waals surface area contributed by atoms with Gasteiger partial charge >= 0.3 is 5.97 Å². The second kappa shape index (κ2) is 6.67. The maximum absolute atomic E-state index is 13.4. The summed E-state index contributed by atoms with van der Waals surface area (Å²) in [4.78, 5) is 22.3. The van der Waals surface area contributed by atoms with E-state index in [1.165, 1.54) is 26.2 Å². The molecule has 0 aromatic heterocycles. The number of amides is 1. The Morgan fingerprint density at radius 1 is 1.37 bits per heavy atom. The second-order valence-corrected chi connectivity index (χ2v) is 3.76. The summed E-state index contributed by atoms with van der Waals surface area (Å²) in [7, 11) is 1.17. The largest absolute Gasteiger partial charge is 0.467 e. The molecule has 19 heavy (non-hydrogen) atoms. The third-order valence-corrected chi connectivity index (χ3v) is 2.31. The van der Waals surface area contributed by atoms with Gasteiger partial charge in [0.1, 0.15) is 6.04 Å². The highest BCUT2D eigenvalue weighted by Gasteiger charge is 2.20. The zero-order valence-corrected chi connectivity index (χ0v) is 10.5. The van der Waals surface area contributed by atoms with Gasteiger partial charge in [-0.2, -0.15) is 0 Å². The summed E-state index contributed by atoms with van der Waals surface area (Å²) in [5, 5.41) is 4.89. The third-order valence-electron chi connectivity index (χ3n) is 2.31. The summed E-state index contributed by atoms with van der Waals surface area (Å²) in [6.07, 6.45) is 0. The average Bonchev–Trinajstić information content (AvgIpc) is 2.37. The summed E-state index contributed by atoms with van der Waals surface area (Å²) in [5.41, 5.74) is -0.0979. The molecule has 0 spiro atoms. The molecule has 0 saturated carbocycles. The fraction of sp³-hybridized carbons (Fsp3) is 0.333. The summed E-state index contributed by atoms with van der Waals surface area (Å²) in [5.74, 6) is -3.16. The monoisotopic (exact) mass is 272 g/mol. The molecular formula is C12H14F2N2O3. The van der Waals surface area contributed by atoms with Crippen molar-refractivity contribution in [3.63, 3.8) is 0 Å². The minimum Gasteiger partial charge on any atom is -0.467 e. The van der Waals surface area contributed by atoms with E-state index in [4.69, 9.17) is 0 Å². The van der Waals surface area contributed by atoms with Crippen molar-refractivity contribution < 1.29 is 23.1 Å². The molecule has 1 atom stereocenters. The number of methoxy groups -OCH3 is 1. The molecule has 5 nitrogen and oxygen atoms in total. The Balaban J connectivity index is 2.73. The van der Waals surface area contributed by atoms with Crippen molar-refractivity contribution in [2.45, 2.75) is 13.0 Å². The number of carbonyl (C=O) groups is 2. The van der Waals surface area contributed by atoms with E-state index in [2.05, 4.69) is 15.4 Å². The average molecular weight is 272 g/mol. The van der Waals surface area contributed by atoms with Crippen LogP contribution in [0.25, 0.3) is 0 Å². The molecular weight excluding hydrogens is 258 g/mol. The molecule has 1 aromatic carbocycles. The Hall–Kier alpha value is -2.18. The van der Waals surface area contributed by atoms with Crippen LogP contribution in [0.15, 0.2) is 18.2 Å². The maximum Gasteiger partial charge on any atom is 0.330 e. The van der Waals surface area contributed by atoms with Gasteiger partial charge in [-0.15, -0.1) is 0 Å². The van der Waals surface area contributed by atoms with Gasteiger partial charge in [-0.25, -0.2) is 13.6 Å². The van der Waals surface area contributed by atoms with Gasteiger partial charge < -0.3 is 15.4 Å². The molecule has 0 bridgehead atoms. The van der Waals surface area contributed by atoms with Crippen LogP contribution in [0.5, 0.6) is 0 Å². The van der Waals surface area contributed by atoms with Crippen LogP contribution in [0.1, 0.15) is 6.92 Å². The van der Waals surface area contributed by atoms with Crippen LogP contribution in [0.3, 0.4) is 0 Å². The zero-order valence-electron chi connectivity index (χ0n) is 10.5. The Morgan fingerprint density at radius 2 is 2.05 bits per heavy atom. The molecule has 104 valence electrons. The van der Waals surface area contributed by atoms with Crippen LogP contribution < -0.4 is 10.6 Å². The molecule has 0 radical (unpaired) electrons. The van der Waals surface area contributed by atoms with Crippen molar-refractivity contribution >= 4 is 17.6 Å². The summed E-state index contributed by atoms with van der Waals surface area (Å²) in [6.45, 7) is 1.12. The first-order valence-corrected chi connectivity index (χ1v) is 5.48. The minimum absolute atomic E-state index is 0.0979. The van der Waals surface area contributed by atoms with Crippen LogP contribution >= 0.6 is 0 Å². The van der Waals surface area contributed by atoms with Gasteiger partial charge in [0, 0.05) is 13.5 Å². The second-order valence-electron chi connectivity index (χ2n) is 3.76. The first-order chi connectivity index (χ1) is 8.95. The van der Waals surface area contributed by atoms with Crippen LogP contribution in [0.2, 0.25) is 0 Å². The molecule has 0 heterocycles. The van der Waals surface area contributed by atoms with E-state index in [-0.39, 0.29) is 12.2 Å². The molecule has 2 N–H and O–H groups in total. The highest BCUT2D eigenvalue weighted by Crippen LogP contribution is 2.16. The van der Waals surface area contributed by atoms with Crippen molar-refractivity contribution in [2.75, 3.05) is 19.0 Å². The lowest BCUT2D eigenvalue weighted by atomic mass is 10.2. The van der Waals surface area contributed by atoms with E-state index in [1.54, 1.807) is 0 Å². The quantitative estimate of drug-likeness (QED) is 0.786. The summed E-state index contributed by atoms with van der Waals surface area (Å²) in [6, 6.07) is 2.64. The fourth-order valence-electron chi connectivity index (χ4n) is 1.43. The predicted molar refractivity (Wildman–Crippen MR) is 64.5 cm³/mol. The normalized spacial score (nSPS) is 11.6. The Labute approximate surface area is 108 Å². The molecule has 1 aromatic rings. The van der Waals surface area contributed by atoms with E-state index in [0.717, 1.165) is 6.07 Å². The molecule has 7 heteroatoms. The number of nitrogens with one attached hydrogen (secondary N) is 2. The molecule has 0 aliphatic rings. The predicted octanol–water partition coefficient (Wildman–Crippen LogP) is 1.05. The van der Waals surface area contributed by atoms with Gasteiger partial charge in [0.25, 0.3) is 0 Å². The van der Waals surface area contributed by atoms with Crippen molar-refractivity contribution in [3.05, 3.63) is 29.8 Å². The van der Waals surface area contributed by atoms with Crippen LogP contribution in [0.4, 0.5) is 14.5 Å². The van der Waals surface area contributed by atoms with Gasteiger partial charge in [-0.3, -0.25) is 4.79 Å². The lowest BCUT2D eigenvalue weighted by molar-refractivity contribution is -0.144. The number of hydrogen-bond donors (Lipinski definition) is 2. The molecule has 1 amide bonds. The molecule has 1 unspecified atom stereocenters. The van der Waals surface area contributed by atoms with Crippen molar-refractivity contribution in [1.82, 2.24) is 5.32 Å². The molecule has 1 rings (SSSR count). The van der Waals surface area contributed by atoms with Gasteiger partial charge in [-0.1, -0.05) is 6.07 Å². The van der Waals surface area contributed by atoms with E-state index < -0.39 is 29.6 Å². The number of hydrogen-bond acceptors (Lipinski definition) is 4. The van der Waals surface area contributed by atoms with Crippen LogP contribution in [0, 0.1) is 11.6 Å². The SMILES string of the molecule is COC(=O)C(CNc1cccc(F)c1F)NC(C)=O. The number of rotatable bonds is 5. The van der Waals surface area contributed by atoms with E-state index in [9.17, 15) is 18.4 Å². The van der Waals surface area contributed by atoms with E-state index in [0.29, 0.717) is 0 Å². The minimum atomic E-state index is -1.05. The number of halogens is 2. The number of esters is 1. The van der Waals surface area contributed by atoms with Gasteiger partial charge in [-0.05, 0) is 12.1 Å². The smallest absolute Gasteiger partial charge is 0.330 e. The topological polar surface area (TPSA) is 67.4 Å². The highest BCUT2D eigenvalue weighted by molar-refractivity contribution is 5.83. The first kappa shape index (κ1) is 14.9. The Kier molecular flexibility index (Phi) is 5.23. The van der Waals surface area contributed by atoms with Crippen molar-refractivity contribution in [1.29, 1.82) is 0 Å². The fourth-order valence-corrected chi connectivity index (χ4v) is 1.43. The first-order valence-electron chi connectivity index (χ1n) is 5.48. The Morgan fingerprint density at radius 3 is 2.63 bits per heavy atom. The third kappa shape index (κ3) is 4.20. The molecule has 0 fully saturated rings. The van der Waals surface area contributed by atoms with Gasteiger partial charge in [0.2, 0.25) is 5.91 Å². The molecule has 0 aliphatic carbocycles. The standard InChI is InChI=1S/C12H14F2N2O3/c1-7(17)16-10(12(18)19-2)6-15-9-5-3-4-8(13)11(9)14/h3-5,10,15H,6H2,1-2H3,(H,16,17). The van der Waals surface area contributed by atoms with E-state index >= 15 is 0 Å². The van der Waals surface area contributed by atoms with Gasteiger partial charge in [0.05, 0.1) is 12.8 Å². The summed E-state index contributed by atoms with van der Waals surface area (Å²) >= 11 is 0. The maximum atomic E-state index is 13.4. The number of ether oxygens (including phenoxy) is 1. The van der Waals surface area contributed by atoms with Crippen LogP contribution in [-0.2, 0) is 14.3 Å². The Bertz CT molecular complexity index is 480. The number of benzene rings is 1. The van der Waals surface area contributed by atoms with Crippen LogP contribution in [-0.4, -0.2) is 31.6 Å².